The second kappa shape index (κ2) is 6.19. The summed E-state index contributed by atoms with van der Waals surface area (Å²) in [6.45, 7) is 5.73. The normalized spacial score (nSPS) is 28.2. The molecule has 1 aliphatic rings. The van der Waals surface area contributed by atoms with Crippen LogP contribution >= 0.6 is 11.6 Å². The van der Waals surface area contributed by atoms with Crippen LogP contribution in [0.4, 0.5) is 0 Å². The molecule has 0 amide bonds. The van der Waals surface area contributed by atoms with Gasteiger partial charge in [-0.25, -0.2) is 12.7 Å². The van der Waals surface area contributed by atoms with Gasteiger partial charge in [0.15, 0.2) is 0 Å². The molecular formula is C10H20ClNO3S. The Hall–Kier alpha value is 0.160. The van der Waals surface area contributed by atoms with Crippen molar-refractivity contribution in [3.8, 4) is 0 Å². The zero-order chi connectivity index (χ0) is 12.2. The van der Waals surface area contributed by atoms with E-state index in [0.717, 1.165) is 6.42 Å². The quantitative estimate of drug-likeness (QED) is 0.558. The first-order valence-corrected chi connectivity index (χ1v) is 7.71. The number of sulfonamides is 1. The molecule has 96 valence electrons. The van der Waals surface area contributed by atoms with Gasteiger partial charge in [-0.15, -0.1) is 11.6 Å². The van der Waals surface area contributed by atoms with Crippen molar-refractivity contribution >= 4 is 21.6 Å². The fraction of sp³-hybridized carbons (Fsp3) is 1.00. The summed E-state index contributed by atoms with van der Waals surface area (Å²) in [5.41, 5.74) is 0. The number of rotatable bonds is 5. The maximum atomic E-state index is 11.9. The first-order chi connectivity index (χ1) is 7.47. The number of nitrogens with zero attached hydrogens (tertiary/aromatic N) is 1. The Bertz CT molecular complexity index is 307. The van der Waals surface area contributed by atoms with Gasteiger partial charge in [0, 0.05) is 25.1 Å². The van der Waals surface area contributed by atoms with Gasteiger partial charge < -0.3 is 4.74 Å². The second-order valence-corrected chi connectivity index (χ2v) is 6.80. The number of piperidine rings is 1. The Balaban J connectivity index is 2.49. The van der Waals surface area contributed by atoms with Crippen LogP contribution in [0.15, 0.2) is 0 Å². The Morgan fingerprint density at radius 1 is 1.50 bits per heavy atom. The average Bonchev–Trinajstić information content (AvgIpc) is 2.22. The lowest BCUT2D eigenvalue weighted by Gasteiger charge is -2.33. The summed E-state index contributed by atoms with van der Waals surface area (Å²) in [6, 6.07) is 0. The molecule has 2 atom stereocenters. The van der Waals surface area contributed by atoms with Crippen LogP contribution in [0.2, 0.25) is 0 Å². The molecule has 0 aromatic rings. The monoisotopic (exact) mass is 269 g/mol. The lowest BCUT2D eigenvalue weighted by atomic mass is 10.0. The molecule has 16 heavy (non-hydrogen) atoms. The van der Waals surface area contributed by atoms with Gasteiger partial charge in [-0.05, 0) is 19.3 Å². The molecule has 0 saturated carbocycles. The van der Waals surface area contributed by atoms with Crippen LogP contribution in [0.5, 0.6) is 0 Å². The summed E-state index contributed by atoms with van der Waals surface area (Å²) in [5, 5.41) is 0.0957. The third-order valence-electron chi connectivity index (χ3n) is 2.85. The maximum Gasteiger partial charge on any atom is 0.216 e. The van der Waals surface area contributed by atoms with E-state index in [1.165, 1.54) is 4.31 Å². The highest BCUT2D eigenvalue weighted by molar-refractivity contribution is 7.89. The fourth-order valence-corrected chi connectivity index (χ4v) is 3.38. The van der Waals surface area contributed by atoms with Crippen molar-refractivity contribution in [2.24, 2.45) is 5.92 Å². The number of ether oxygens (including phenoxy) is 1. The Kier molecular flexibility index (Phi) is 5.50. The van der Waals surface area contributed by atoms with Gasteiger partial charge in [0.1, 0.15) is 0 Å². The van der Waals surface area contributed by atoms with Crippen molar-refractivity contribution in [1.29, 1.82) is 0 Å². The average molecular weight is 270 g/mol. The molecular weight excluding hydrogens is 250 g/mol. The Morgan fingerprint density at radius 3 is 2.75 bits per heavy atom. The van der Waals surface area contributed by atoms with Crippen LogP contribution in [0.3, 0.4) is 0 Å². The van der Waals surface area contributed by atoms with E-state index in [0.29, 0.717) is 19.7 Å². The van der Waals surface area contributed by atoms with E-state index in [1.807, 2.05) is 13.8 Å². The van der Waals surface area contributed by atoms with Gasteiger partial charge in [0.25, 0.3) is 0 Å². The number of halogens is 1. The molecule has 0 aromatic heterocycles. The van der Waals surface area contributed by atoms with Crippen molar-refractivity contribution in [3.05, 3.63) is 0 Å². The highest BCUT2D eigenvalue weighted by Crippen LogP contribution is 2.23. The molecule has 0 spiro atoms. The molecule has 0 aliphatic carbocycles. The topological polar surface area (TPSA) is 46.6 Å². The van der Waals surface area contributed by atoms with E-state index < -0.39 is 10.0 Å². The molecule has 1 fully saturated rings. The summed E-state index contributed by atoms with van der Waals surface area (Å²) < 4.78 is 30.4. The van der Waals surface area contributed by atoms with E-state index in [9.17, 15) is 8.42 Å². The Labute approximate surface area is 103 Å². The van der Waals surface area contributed by atoms with Gasteiger partial charge in [0.2, 0.25) is 10.0 Å². The molecule has 0 N–H and O–H groups in total. The minimum atomic E-state index is -3.16. The summed E-state index contributed by atoms with van der Waals surface area (Å²) in [6.07, 6.45) is 0.733. The molecule has 0 aromatic carbocycles. The lowest BCUT2D eigenvalue weighted by molar-refractivity contribution is 0.161. The smallest absolute Gasteiger partial charge is 0.216 e. The van der Waals surface area contributed by atoms with Crippen molar-refractivity contribution < 1.29 is 13.2 Å². The fourth-order valence-electron chi connectivity index (χ4n) is 1.77. The summed E-state index contributed by atoms with van der Waals surface area (Å²) in [5.74, 6) is 0.290. The van der Waals surface area contributed by atoms with Crippen molar-refractivity contribution in [2.45, 2.75) is 25.6 Å². The lowest BCUT2D eigenvalue weighted by Crippen LogP contribution is -2.44. The predicted octanol–water partition coefficient (Wildman–Crippen LogP) is 1.30. The minimum absolute atomic E-state index is 0.0700. The van der Waals surface area contributed by atoms with Gasteiger partial charge >= 0.3 is 0 Å². The summed E-state index contributed by atoms with van der Waals surface area (Å²) in [4.78, 5) is 0. The number of alkyl halides is 1. The van der Waals surface area contributed by atoms with E-state index in [-0.39, 0.29) is 23.7 Å². The van der Waals surface area contributed by atoms with Crippen LogP contribution in [-0.2, 0) is 14.8 Å². The van der Waals surface area contributed by atoms with Crippen LogP contribution in [-0.4, -0.2) is 50.2 Å². The van der Waals surface area contributed by atoms with Gasteiger partial charge in [-0.1, -0.05) is 6.92 Å². The van der Waals surface area contributed by atoms with Crippen molar-refractivity contribution in [3.63, 3.8) is 0 Å². The number of hydrogen-bond donors (Lipinski definition) is 0. The van der Waals surface area contributed by atoms with E-state index in [1.54, 1.807) is 0 Å². The molecule has 1 saturated heterocycles. The molecule has 1 aliphatic heterocycles. The van der Waals surface area contributed by atoms with Crippen LogP contribution < -0.4 is 0 Å². The zero-order valence-corrected chi connectivity index (χ0v) is 11.4. The predicted molar refractivity (Wildman–Crippen MR) is 65.3 cm³/mol. The van der Waals surface area contributed by atoms with Crippen LogP contribution in [0, 0.1) is 5.92 Å². The minimum Gasteiger partial charge on any atom is -0.381 e. The third kappa shape index (κ3) is 3.87. The summed E-state index contributed by atoms with van der Waals surface area (Å²) in [7, 11) is -3.16. The van der Waals surface area contributed by atoms with Gasteiger partial charge in [0.05, 0.1) is 12.4 Å². The first kappa shape index (κ1) is 14.2. The SMILES string of the molecule is CCOCCS(=O)(=O)N1CCC(Cl)C(C)C1. The second-order valence-electron chi connectivity index (χ2n) is 4.15. The molecule has 4 nitrogen and oxygen atoms in total. The molecule has 0 bridgehead atoms. The van der Waals surface area contributed by atoms with Crippen LogP contribution in [0.1, 0.15) is 20.3 Å². The van der Waals surface area contributed by atoms with Crippen molar-refractivity contribution in [1.82, 2.24) is 4.31 Å². The maximum absolute atomic E-state index is 11.9. The highest BCUT2D eigenvalue weighted by Gasteiger charge is 2.31. The van der Waals surface area contributed by atoms with Crippen LogP contribution in [0.25, 0.3) is 0 Å². The van der Waals surface area contributed by atoms with E-state index in [2.05, 4.69) is 0 Å². The Morgan fingerprint density at radius 2 is 2.19 bits per heavy atom. The third-order valence-corrected chi connectivity index (χ3v) is 5.30. The molecule has 6 heteroatoms. The van der Waals surface area contributed by atoms with E-state index >= 15 is 0 Å². The molecule has 0 radical (unpaired) electrons. The van der Waals surface area contributed by atoms with Gasteiger partial charge in [-0.2, -0.15) is 0 Å². The zero-order valence-electron chi connectivity index (χ0n) is 9.86. The van der Waals surface area contributed by atoms with E-state index in [4.69, 9.17) is 16.3 Å². The standard InChI is InChI=1S/C10H20ClNO3S/c1-3-15-6-7-16(13,14)12-5-4-10(11)9(2)8-12/h9-10H,3-8H2,1-2H3. The van der Waals surface area contributed by atoms with Gasteiger partial charge in [-0.3, -0.25) is 0 Å². The molecule has 1 rings (SSSR count). The largest absolute Gasteiger partial charge is 0.381 e. The molecule has 1 heterocycles. The first-order valence-electron chi connectivity index (χ1n) is 5.67. The molecule has 2 unspecified atom stereocenters. The summed E-state index contributed by atoms with van der Waals surface area (Å²) >= 11 is 6.06. The number of hydrogen-bond acceptors (Lipinski definition) is 3. The highest BCUT2D eigenvalue weighted by atomic mass is 35.5. The van der Waals surface area contributed by atoms with Crippen molar-refractivity contribution in [2.75, 3.05) is 32.1 Å².